The fraction of sp³-hybridized carbons (Fsp3) is 0.300. The summed E-state index contributed by atoms with van der Waals surface area (Å²) in [5.41, 5.74) is 1.35. The molecule has 0 bridgehead atoms. The van der Waals surface area contributed by atoms with Crippen LogP contribution in [0, 0.1) is 11.3 Å². The molecule has 0 saturated carbocycles. The topological polar surface area (TPSA) is 0 Å². The van der Waals surface area contributed by atoms with E-state index < -0.39 is 0 Å². The zero-order chi connectivity index (χ0) is 17.6. The maximum Gasteiger partial charge on any atom is 0.0692 e. The van der Waals surface area contributed by atoms with E-state index in [1.165, 1.54) is 10.8 Å². The van der Waals surface area contributed by atoms with Crippen LogP contribution in [-0.4, -0.2) is 11.5 Å². The van der Waals surface area contributed by atoms with Gasteiger partial charge >= 0.3 is 0 Å². The zero-order valence-electron chi connectivity index (χ0n) is 13.7. The Kier molecular flexibility index (Phi) is 7.73. The van der Waals surface area contributed by atoms with Gasteiger partial charge in [-0.2, -0.15) is 50.5 Å². The van der Waals surface area contributed by atoms with Crippen molar-refractivity contribution < 1.29 is 0 Å². The van der Waals surface area contributed by atoms with E-state index in [0.29, 0.717) is 5.92 Å². The van der Waals surface area contributed by atoms with Gasteiger partial charge in [0.15, 0.2) is 0 Å². The molecule has 0 spiro atoms. The highest BCUT2D eigenvalue weighted by atomic mass is 32.2. The summed E-state index contributed by atoms with van der Waals surface area (Å²) in [5.74, 6) is 2.32. The van der Waals surface area contributed by atoms with Crippen molar-refractivity contribution in [1.82, 2.24) is 0 Å². The van der Waals surface area contributed by atoms with Gasteiger partial charge in [-0.05, 0) is 39.8 Å². The number of fused-ring (bicyclic) bond motifs is 1. The fourth-order valence-electron chi connectivity index (χ4n) is 2.62. The maximum atomic E-state index is 4.34. The molecule has 1 aliphatic rings. The van der Waals surface area contributed by atoms with Gasteiger partial charge in [0.1, 0.15) is 0 Å². The summed E-state index contributed by atoms with van der Waals surface area (Å²) in [6.07, 6.45) is 8.62. The fourth-order valence-corrected chi connectivity index (χ4v) is 3.82. The highest BCUT2D eigenvalue weighted by molar-refractivity contribution is 7.98. The number of thiol groups is 4. The molecule has 2 atom stereocenters. The van der Waals surface area contributed by atoms with Gasteiger partial charge in [-0.1, -0.05) is 67.6 Å². The Bertz CT molecular complexity index is 720. The lowest BCUT2D eigenvalue weighted by atomic mass is 9.77. The maximum absolute atomic E-state index is 4.34. The SMILES string of the molecule is CC1(CS)C=CC=CC1CS.SC(S)c1ccc2ccccc2c1. The quantitative estimate of drug-likeness (QED) is 0.342. The molecule has 0 fully saturated rings. The summed E-state index contributed by atoms with van der Waals surface area (Å²) in [6.45, 7) is 2.22. The van der Waals surface area contributed by atoms with Crippen LogP contribution in [0.1, 0.15) is 17.1 Å². The summed E-state index contributed by atoms with van der Waals surface area (Å²) in [4.78, 5) is 0. The van der Waals surface area contributed by atoms with Crippen LogP contribution >= 0.6 is 50.5 Å². The third-order valence-electron chi connectivity index (χ3n) is 4.39. The van der Waals surface area contributed by atoms with Crippen molar-refractivity contribution in [3.05, 3.63) is 72.3 Å². The number of allylic oxidation sites excluding steroid dienone is 4. The average molecular weight is 393 g/mol. The van der Waals surface area contributed by atoms with Crippen molar-refractivity contribution in [3.63, 3.8) is 0 Å². The summed E-state index contributed by atoms with van der Waals surface area (Å²) in [7, 11) is 0. The lowest BCUT2D eigenvalue weighted by molar-refractivity contribution is 0.380. The van der Waals surface area contributed by atoms with E-state index in [4.69, 9.17) is 0 Å². The Hall–Kier alpha value is -0.420. The third-order valence-corrected chi connectivity index (χ3v) is 6.06. The van der Waals surface area contributed by atoms with Gasteiger partial charge in [0.05, 0.1) is 4.58 Å². The van der Waals surface area contributed by atoms with Gasteiger partial charge in [0.25, 0.3) is 0 Å². The van der Waals surface area contributed by atoms with Crippen LogP contribution in [0.2, 0.25) is 0 Å². The Morgan fingerprint density at radius 2 is 1.71 bits per heavy atom. The zero-order valence-corrected chi connectivity index (χ0v) is 17.3. The molecule has 0 aromatic heterocycles. The van der Waals surface area contributed by atoms with Gasteiger partial charge in [-0.3, -0.25) is 0 Å². The Labute approximate surface area is 167 Å². The van der Waals surface area contributed by atoms with Crippen molar-refractivity contribution in [2.24, 2.45) is 11.3 Å². The molecule has 0 heterocycles. The first-order valence-corrected chi connectivity index (χ1v) is 10.2. The van der Waals surface area contributed by atoms with Crippen molar-refractivity contribution in [2.45, 2.75) is 11.5 Å². The molecule has 2 unspecified atom stereocenters. The van der Waals surface area contributed by atoms with Crippen LogP contribution < -0.4 is 0 Å². The van der Waals surface area contributed by atoms with E-state index in [1.54, 1.807) is 0 Å². The van der Waals surface area contributed by atoms with Gasteiger partial charge in [0.2, 0.25) is 0 Å². The van der Waals surface area contributed by atoms with E-state index in [2.05, 4.69) is 112 Å². The van der Waals surface area contributed by atoms with Crippen molar-refractivity contribution in [2.75, 3.05) is 11.5 Å². The summed E-state index contributed by atoms with van der Waals surface area (Å²) in [6, 6.07) is 14.6. The minimum absolute atomic E-state index is 0.00426. The predicted molar refractivity (Wildman–Crippen MR) is 122 cm³/mol. The summed E-state index contributed by atoms with van der Waals surface area (Å²) >= 11 is 17.2. The summed E-state index contributed by atoms with van der Waals surface area (Å²) in [5, 5.41) is 2.50. The molecule has 1 aliphatic carbocycles. The van der Waals surface area contributed by atoms with Crippen molar-refractivity contribution in [3.8, 4) is 0 Å². The van der Waals surface area contributed by atoms with Crippen molar-refractivity contribution in [1.29, 1.82) is 0 Å². The van der Waals surface area contributed by atoms with Crippen LogP contribution in [0.3, 0.4) is 0 Å². The Morgan fingerprint density at radius 3 is 2.29 bits per heavy atom. The van der Waals surface area contributed by atoms with E-state index in [1.807, 2.05) is 12.1 Å². The Balaban J connectivity index is 0.000000177. The minimum atomic E-state index is 0.00426. The number of rotatable bonds is 3. The standard InChI is InChI=1S/C11H10S2.C9H14S2/c12-11(13)10-6-5-8-3-1-2-4-9(8)7-10;1-9(7-11)5-3-2-4-8(9)6-10/h1-7,11-13H;2-5,8,10-11H,6-7H2,1H3. The summed E-state index contributed by atoms with van der Waals surface area (Å²) < 4.78 is 0.00426. The third kappa shape index (κ3) is 5.04. The molecule has 2 aromatic carbocycles. The van der Waals surface area contributed by atoms with Gasteiger partial charge in [-0.25, -0.2) is 0 Å². The van der Waals surface area contributed by atoms with E-state index >= 15 is 0 Å². The van der Waals surface area contributed by atoms with E-state index in [9.17, 15) is 0 Å². The van der Waals surface area contributed by atoms with Gasteiger partial charge in [0, 0.05) is 5.41 Å². The monoisotopic (exact) mass is 392 g/mol. The molecule has 3 rings (SSSR count). The number of benzene rings is 2. The molecule has 24 heavy (non-hydrogen) atoms. The molecule has 0 nitrogen and oxygen atoms in total. The molecule has 0 saturated heterocycles. The molecule has 0 amide bonds. The highest BCUT2D eigenvalue weighted by Gasteiger charge is 2.28. The number of hydrogen-bond acceptors (Lipinski definition) is 4. The lowest BCUT2D eigenvalue weighted by Gasteiger charge is -2.32. The molecule has 0 N–H and O–H groups in total. The molecule has 4 heteroatoms. The van der Waals surface area contributed by atoms with Gasteiger partial charge < -0.3 is 0 Å². The van der Waals surface area contributed by atoms with Crippen LogP contribution in [0.15, 0.2) is 66.8 Å². The first-order valence-electron chi connectivity index (χ1n) is 7.93. The second kappa shape index (κ2) is 9.33. The number of hydrogen-bond donors (Lipinski definition) is 4. The Morgan fingerprint density at radius 1 is 1.00 bits per heavy atom. The normalized spacial score (nSPS) is 22.5. The van der Waals surface area contributed by atoms with E-state index in [-0.39, 0.29) is 10.00 Å². The molecule has 128 valence electrons. The second-order valence-corrected chi connectivity index (χ2v) is 8.30. The van der Waals surface area contributed by atoms with Gasteiger partial charge in [-0.15, -0.1) is 0 Å². The molecular formula is C20H24S4. The first-order chi connectivity index (χ1) is 11.5. The molecular weight excluding hydrogens is 368 g/mol. The molecule has 0 aliphatic heterocycles. The second-order valence-electron chi connectivity index (χ2n) is 6.18. The molecule has 2 aromatic rings. The van der Waals surface area contributed by atoms with Crippen LogP contribution in [-0.2, 0) is 0 Å². The van der Waals surface area contributed by atoms with E-state index in [0.717, 1.165) is 17.1 Å². The largest absolute Gasteiger partial charge is 0.179 e. The molecule has 0 radical (unpaired) electrons. The lowest BCUT2D eigenvalue weighted by Crippen LogP contribution is -2.28. The predicted octanol–water partition coefficient (Wildman–Crippen LogP) is 6.29. The van der Waals surface area contributed by atoms with Crippen LogP contribution in [0.5, 0.6) is 0 Å². The average Bonchev–Trinajstić information content (AvgIpc) is 2.62. The van der Waals surface area contributed by atoms with Crippen LogP contribution in [0.25, 0.3) is 10.8 Å². The van der Waals surface area contributed by atoms with Crippen LogP contribution in [0.4, 0.5) is 0 Å². The smallest absolute Gasteiger partial charge is 0.0692 e. The highest BCUT2D eigenvalue weighted by Crippen LogP contribution is 2.34. The van der Waals surface area contributed by atoms with Crippen molar-refractivity contribution >= 4 is 61.3 Å². The minimum Gasteiger partial charge on any atom is -0.179 e. The first kappa shape index (κ1) is 19.9.